The lowest BCUT2D eigenvalue weighted by Gasteiger charge is -2.30. The number of aryl methyl sites for hydroxylation is 1. The molecule has 0 aliphatic rings. The minimum Gasteiger partial charge on any atom is -0.367 e. The number of carbonyl (C=O) groups excluding carboxylic acids is 1. The molecule has 1 heterocycles. The third-order valence-corrected chi connectivity index (χ3v) is 6.38. The van der Waals surface area contributed by atoms with E-state index in [2.05, 4.69) is 6.92 Å². The Bertz CT molecular complexity index is 1380. The highest BCUT2D eigenvalue weighted by Gasteiger charge is 2.27. The average molecular weight is 484 g/mol. The largest absolute Gasteiger partial charge is 0.367 e. The van der Waals surface area contributed by atoms with Gasteiger partial charge in [0.25, 0.3) is 5.56 Å². The first-order valence-corrected chi connectivity index (χ1v) is 12.6. The summed E-state index contributed by atoms with van der Waals surface area (Å²) in [7, 11) is 0. The molecule has 186 valence electrons. The maximum absolute atomic E-state index is 13.8. The molecule has 1 unspecified atom stereocenters. The average Bonchev–Trinajstić information content (AvgIpc) is 2.92. The van der Waals surface area contributed by atoms with Crippen molar-refractivity contribution in [2.24, 2.45) is 0 Å². The van der Waals surface area contributed by atoms with Gasteiger partial charge in [-0.25, -0.2) is 4.98 Å². The molecule has 0 saturated carbocycles. The zero-order valence-electron chi connectivity index (χ0n) is 21.2. The van der Waals surface area contributed by atoms with Crippen molar-refractivity contribution in [1.82, 2.24) is 14.5 Å². The summed E-state index contributed by atoms with van der Waals surface area (Å²) in [6.45, 7) is 6.90. The first kappa shape index (κ1) is 25.3. The molecule has 1 aromatic heterocycles. The van der Waals surface area contributed by atoms with Crippen LogP contribution in [-0.4, -0.2) is 33.5 Å². The second-order valence-corrected chi connectivity index (χ2v) is 8.85. The van der Waals surface area contributed by atoms with E-state index in [9.17, 15) is 9.59 Å². The molecule has 0 spiro atoms. The van der Waals surface area contributed by atoms with Crippen molar-refractivity contribution in [3.63, 3.8) is 0 Å². The molecular weight excluding hydrogens is 450 g/mol. The molecule has 4 rings (SSSR count). The molecule has 6 heteroatoms. The van der Waals surface area contributed by atoms with Gasteiger partial charge in [-0.3, -0.25) is 14.2 Å². The van der Waals surface area contributed by atoms with E-state index in [1.54, 1.807) is 15.5 Å². The number of ether oxygens (including phenoxy) is 1. The lowest BCUT2D eigenvalue weighted by molar-refractivity contribution is -0.139. The van der Waals surface area contributed by atoms with Gasteiger partial charge >= 0.3 is 0 Å². The molecule has 0 aliphatic carbocycles. The summed E-state index contributed by atoms with van der Waals surface area (Å²) in [6.07, 6.45) is 1.55. The number of benzene rings is 3. The van der Waals surface area contributed by atoms with Crippen molar-refractivity contribution in [3.05, 3.63) is 106 Å². The van der Waals surface area contributed by atoms with Crippen LogP contribution in [0, 0.1) is 0 Å². The highest BCUT2D eigenvalue weighted by molar-refractivity contribution is 5.79. The highest BCUT2D eigenvalue weighted by Crippen LogP contribution is 2.25. The Kier molecular flexibility index (Phi) is 8.28. The van der Waals surface area contributed by atoms with E-state index in [0.29, 0.717) is 29.9 Å². The van der Waals surface area contributed by atoms with Crippen molar-refractivity contribution in [2.45, 2.75) is 46.3 Å². The number of rotatable bonds is 10. The lowest BCUT2D eigenvalue weighted by Crippen LogP contribution is -2.39. The van der Waals surface area contributed by atoms with E-state index in [1.165, 1.54) is 0 Å². The molecule has 0 bridgehead atoms. The normalized spacial score (nSPS) is 12.0. The fraction of sp³-hybridized carbons (Fsp3) is 0.300. The Morgan fingerprint density at radius 2 is 1.67 bits per heavy atom. The van der Waals surface area contributed by atoms with Crippen LogP contribution < -0.4 is 5.56 Å². The lowest BCUT2D eigenvalue weighted by atomic mass is 10.1. The molecular formula is C30H33N3O3. The summed E-state index contributed by atoms with van der Waals surface area (Å²) in [4.78, 5) is 33.8. The Morgan fingerprint density at radius 3 is 2.42 bits per heavy atom. The topological polar surface area (TPSA) is 64.4 Å². The van der Waals surface area contributed by atoms with Crippen LogP contribution >= 0.6 is 0 Å². The third kappa shape index (κ3) is 5.39. The molecule has 3 aromatic carbocycles. The van der Waals surface area contributed by atoms with Gasteiger partial charge in [0.15, 0.2) is 0 Å². The number of hydrogen-bond donors (Lipinski definition) is 0. The van der Waals surface area contributed by atoms with E-state index in [1.807, 2.05) is 86.6 Å². The van der Waals surface area contributed by atoms with Crippen LogP contribution in [0.2, 0.25) is 0 Å². The predicted molar refractivity (Wildman–Crippen MR) is 143 cm³/mol. The van der Waals surface area contributed by atoms with Crippen molar-refractivity contribution in [3.8, 4) is 5.69 Å². The van der Waals surface area contributed by atoms with Gasteiger partial charge in [0.05, 0.1) is 29.2 Å². The van der Waals surface area contributed by atoms with Crippen molar-refractivity contribution >= 4 is 16.8 Å². The van der Waals surface area contributed by atoms with Gasteiger partial charge < -0.3 is 9.64 Å². The minimum absolute atomic E-state index is 0.0391. The fourth-order valence-electron chi connectivity index (χ4n) is 4.52. The molecule has 0 N–H and O–H groups in total. The number of fused-ring (bicyclic) bond motifs is 1. The first-order chi connectivity index (χ1) is 17.5. The monoisotopic (exact) mass is 483 g/mol. The number of aromatic nitrogens is 2. The van der Waals surface area contributed by atoms with Gasteiger partial charge in [0.2, 0.25) is 5.91 Å². The number of hydrogen-bond acceptors (Lipinski definition) is 4. The van der Waals surface area contributed by atoms with Gasteiger partial charge in [-0.2, -0.15) is 0 Å². The van der Waals surface area contributed by atoms with Crippen LogP contribution in [-0.2, 0) is 22.6 Å². The Morgan fingerprint density at radius 1 is 0.972 bits per heavy atom. The fourth-order valence-corrected chi connectivity index (χ4v) is 4.52. The van der Waals surface area contributed by atoms with Crippen molar-refractivity contribution < 1.29 is 9.53 Å². The molecule has 0 radical (unpaired) electrons. The molecule has 1 atom stereocenters. The summed E-state index contributed by atoms with van der Waals surface area (Å²) in [5.41, 5.74) is 3.35. The van der Waals surface area contributed by atoms with E-state index >= 15 is 0 Å². The van der Waals surface area contributed by atoms with Gasteiger partial charge in [-0.15, -0.1) is 0 Å². The highest BCUT2D eigenvalue weighted by atomic mass is 16.5. The van der Waals surface area contributed by atoms with Crippen LogP contribution in [0.5, 0.6) is 0 Å². The van der Waals surface area contributed by atoms with Crippen molar-refractivity contribution in [2.75, 3.05) is 13.2 Å². The van der Waals surface area contributed by atoms with Crippen molar-refractivity contribution in [1.29, 1.82) is 0 Å². The van der Waals surface area contributed by atoms with Crippen LogP contribution in [0.15, 0.2) is 83.7 Å². The molecule has 4 aromatic rings. The number of nitrogens with zero attached hydrogens (tertiary/aromatic N) is 3. The smallest absolute Gasteiger partial charge is 0.266 e. The van der Waals surface area contributed by atoms with Gasteiger partial charge in [-0.05, 0) is 49.1 Å². The van der Waals surface area contributed by atoms with Crippen LogP contribution in [0.1, 0.15) is 50.2 Å². The summed E-state index contributed by atoms with van der Waals surface area (Å²) in [5.74, 6) is 0.419. The summed E-state index contributed by atoms with van der Waals surface area (Å²) in [5, 5.41) is 0.555. The third-order valence-electron chi connectivity index (χ3n) is 6.38. The zero-order valence-corrected chi connectivity index (χ0v) is 21.2. The number of carbonyl (C=O) groups is 1. The van der Waals surface area contributed by atoms with Gasteiger partial charge in [0.1, 0.15) is 12.4 Å². The Hall–Kier alpha value is -3.77. The quantitative estimate of drug-likeness (QED) is 0.300. The molecule has 0 fully saturated rings. The second-order valence-electron chi connectivity index (χ2n) is 8.85. The molecule has 0 aliphatic heterocycles. The van der Waals surface area contributed by atoms with Gasteiger partial charge in [-0.1, -0.05) is 74.5 Å². The standard InChI is InChI=1S/C30H33N3O3/c1-4-19-32(28(34)21-36-20-23-13-7-6-8-14-23)22(3)29-31-26-17-11-10-16-25(26)30(35)33(29)27-18-12-9-15-24(27)5-2/h6-18,22H,4-5,19-21H2,1-3H3. The van der Waals surface area contributed by atoms with E-state index in [4.69, 9.17) is 9.72 Å². The molecule has 0 saturated heterocycles. The van der Waals surface area contributed by atoms with Crippen LogP contribution in [0.3, 0.4) is 0 Å². The van der Waals surface area contributed by atoms with Gasteiger partial charge in [0, 0.05) is 6.54 Å². The minimum atomic E-state index is -0.431. The van der Waals surface area contributed by atoms with Crippen LogP contribution in [0.25, 0.3) is 16.6 Å². The van der Waals surface area contributed by atoms with E-state index in [0.717, 1.165) is 29.7 Å². The maximum atomic E-state index is 13.8. The summed E-state index contributed by atoms with van der Waals surface area (Å²) in [6, 6.07) is 24.6. The maximum Gasteiger partial charge on any atom is 0.266 e. The SMILES string of the molecule is CCCN(C(=O)COCc1ccccc1)C(C)c1nc2ccccc2c(=O)n1-c1ccccc1CC. The second kappa shape index (κ2) is 11.8. The first-order valence-electron chi connectivity index (χ1n) is 12.6. The zero-order chi connectivity index (χ0) is 25.5. The van der Waals surface area contributed by atoms with E-state index in [-0.39, 0.29) is 18.1 Å². The molecule has 6 nitrogen and oxygen atoms in total. The summed E-state index contributed by atoms with van der Waals surface area (Å²) < 4.78 is 7.45. The number of amides is 1. The number of para-hydroxylation sites is 2. The van der Waals surface area contributed by atoms with E-state index < -0.39 is 6.04 Å². The predicted octanol–water partition coefficient (Wildman–Crippen LogP) is 5.46. The Balaban J connectivity index is 1.73. The summed E-state index contributed by atoms with van der Waals surface area (Å²) >= 11 is 0. The Labute approximate surface area is 212 Å². The molecule has 1 amide bonds. The molecule has 36 heavy (non-hydrogen) atoms. The van der Waals surface area contributed by atoms with Crippen LogP contribution in [0.4, 0.5) is 0 Å².